The van der Waals surface area contributed by atoms with Crippen molar-refractivity contribution >= 4 is 0 Å². The molecule has 1 N–H and O–H groups in total. The van der Waals surface area contributed by atoms with Gasteiger partial charge in [0, 0.05) is 6.61 Å². The van der Waals surface area contributed by atoms with Crippen molar-refractivity contribution in [3.05, 3.63) is 78.2 Å². The second kappa shape index (κ2) is 25.3. The number of unbranched alkanes of at least 4 members (excludes halogenated alkanes) is 13. The van der Waals surface area contributed by atoms with Crippen LogP contribution in [0.3, 0.4) is 0 Å². The Hall–Kier alpha value is -1.29. The van der Waals surface area contributed by atoms with E-state index in [4.69, 9.17) is 3.87 Å². The monoisotopic (exact) mass is 497 g/mol. The van der Waals surface area contributed by atoms with E-state index in [2.05, 4.69) is 47.7 Å². The van der Waals surface area contributed by atoms with Gasteiger partial charge in [-0.2, -0.15) is 30.7 Å². The quantitative estimate of drug-likeness (QED) is 0.186. The summed E-state index contributed by atoms with van der Waals surface area (Å²) in [6.07, 6.45) is 20.7. The Kier molecular flexibility index (Phi) is 24.3. The van der Waals surface area contributed by atoms with Crippen molar-refractivity contribution in [3.63, 3.8) is 0 Å². The number of aliphatic hydroxyl groups is 1. The zero-order valence-electron chi connectivity index (χ0n) is 20.8. The molecule has 0 fully saturated rings. The van der Waals surface area contributed by atoms with Crippen LogP contribution < -0.4 is 0 Å². The first kappa shape index (κ1) is 31.7. The first-order chi connectivity index (χ1) is 16.3. The molecule has 0 aromatic heterocycles. The maximum absolute atomic E-state index is 9.18. The molecular formula is C30H46CoO2-2. The molecule has 0 bridgehead atoms. The standard InChI is InChI=1S/C16H33.C14H13O.Co.O/c1-3-5-7-9-11-13-15-16-14-12-10-8-6-4-2;15-11-14-9-5-4-8-13(14)10-12-6-2-1-3-7-12;;/h1,3-16H2,2H3;1-4,6-9,15H,10-11H2;;/q2*-1;;. The van der Waals surface area contributed by atoms with Crippen molar-refractivity contribution in [1.82, 2.24) is 0 Å². The van der Waals surface area contributed by atoms with E-state index in [1.807, 2.05) is 36.4 Å². The van der Waals surface area contributed by atoms with Crippen LogP contribution in [-0.4, -0.2) is 5.11 Å². The van der Waals surface area contributed by atoms with Gasteiger partial charge in [0.05, 0.1) is 0 Å². The van der Waals surface area contributed by atoms with Gasteiger partial charge >= 0.3 is 19.5 Å². The fraction of sp³-hybridized carbons (Fsp3) is 0.567. The normalized spacial score (nSPS) is 10.1. The van der Waals surface area contributed by atoms with E-state index in [9.17, 15) is 5.11 Å². The topological polar surface area (TPSA) is 37.3 Å². The van der Waals surface area contributed by atoms with Gasteiger partial charge < -0.3 is 12.0 Å². The summed E-state index contributed by atoms with van der Waals surface area (Å²) in [7, 11) is 0. The van der Waals surface area contributed by atoms with Gasteiger partial charge in [0.1, 0.15) is 0 Å². The Morgan fingerprint density at radius 2 is 1.27 bits per heavy atom. The molecule has 33 heavy (non-hydrogen) atoms. The van der Waals surface area contributed by atoms with Gasteiger partial charge in [0.2, 0.25) is 0 Å². The van der Waals surface area contributed by atoms with E-state index in [-0.39, 0.29) is 6.61 Å². The summed E-state index contributed by atoms with van der Waals surface area (Å²) < 4.78 is 7.94. The van der Waals surface area contributed by atoms with Crippen LogP contribution in [0.25, 0.3) is 0 Å². The summed E-state index contributed by atoms with van der Waals surface area (Å²) in [5.74, 6) is 0. The van der Waals surface area contributed by atoms with E-state index in [1.54, 1.807) is 0 Å². The Morgan fingerprint density at radius 1 is 0.758 bits per heavy atom. The van der Waals surface area contributed by atoms with Crippen LogP contribution >= 0.6 is 0 Å². The average Bonchev–Trinajstić information content (AvgIpc) is 2.87. The molecule has 0 amide bonds. The molecule has 0 heterocycles. The van der Waals surface area contributed by atoms with Crippen molar-refractivity contribution in [2.24, 2.45) is 0 Å². The molecule has 0 unspecified atom stereocenters. The number of aliphatic hydroxyl groups excluding tert-OH is 1. The van der Waals surface area contributed by atoms with Gasteiger partial charge in [-0.15, -0.1) is 11.1 Å². The summed E-state index contributed by atoms with van der Waals surface area (Å²) in [5.41, 5.74) is 3.39. The van der Waals surface area contributed by atoms with Gasteiger partial charge in [-0.3, -0.25) is 0 Å². The van der Waals surface area contributed by atoms with E-state index >= 15 is 0 Å². The van der Waals surface area contributed by atoms with E-state index in [0.29, 0.717) is 0 Å². The van der Waals surface area contributed by atoms with E-state index in [0.717, 1.165) is 18.4 Å². The van der Waals surface area contributed by atoms with Crippen LogP contribution in [-0.2, 0) is 32.6 Å². The van der Waals surface area contributed by atoms with Gasteiger partial charge in [-0.05, 0) is 12.0 Å². The summed E-state index contributed by atoms with van der Waals surface area (Å²) in [4.78, 5) is 0. The zero-order valence-corrected chi connectivity index (χ0v) is 21.9. The summed E-state index contributed by atoms with van der Waals surface area (Å²) >= 11 is 2.31. The third-order valence-electron chi connectivity index (χ3n) is 5.81. The average molecular weight is 498 g/mol. The van der Waals surface area contributed by atoms with Gasteiger partial charge in [-0.1, -0.05) is 121 Å². The molecule has 2 rings (SSSR count). The van der Waals surface area contributed by atoms with Crippen LogP contribution in [0.2, 0.25) is 0 Å². The predicted octanol–water partition coefficient (Wildman–Crippen LogP) is 8.75. The fourth-order valence-corrected chi connectivity index (χ4v) is 3.83. The van der Waals surface area contributed by atoms with Crippen molar-refractivity contribution in [2.45, 2.75) is 110 Å². The van der Waals surface area contributed by atoms with Crippen molar-refractivity contribution < 1.29 is 24.6 Å². The molecular weight excluding hydrogens is 451 g/mol. The minimum atomic E-state index is 0.0828. The second-order valence-electron chi connectivity index (χ2n) is 8.61. The molecule has 0 saturated carbocycles. The molecule has 3 heteroatoms. The molecule has 189 valence electrons. The van der Waals surface area contributed by atoms with Gasteiger partial charge in [-0.25, -0.2) is 0 Å². The molecule has 0 aliphatic rings. The summed E-state index contributed by atoms with van der Waals surface area (Å²) in [6, 6.07) is 19.0. The van der Waals surface area contributed by atoms with Crippen molar-refractivity contribution in [2.75, 3.05) is 0 Å². The van der Waals surface area contributed by atoms with Crippen LogP contribution in [0.15, 0.2) is 48.5 Å². The third kappa shape index (κ3) is 18.8. The predicted molar refractivity (Wildman–Crippen MR) is 137 cm³/mol. The van der Waals surface area contributed by atoms with E-state index in [1.165, 1.54) is 94.6 Å². The summed E-state index contributed by atoms with van der Waals surface area (Å²) in [6.45, 7) is 6.24. The Bertz CT molecular complexity index is 631. The van der Waals surface area contributed by atoms with Crippen LogP contribution in [0.1, 0.15) is 114 Å². The van der Waals surface area contributed by atoms with Gasteiger partial charge in [0.15, 0.2) is 0 Å². The molecule has 2 aromatic carbocycles. The molecule has 0 aliphatic carbocycles. The van der Waals surface area contributed by atoms with Gasteiger partial charge in [0.25, 0.3) is 0 Å². The Balaban J connectivity index is 0.000000577. The Labute approximate surface area is 212 Å². The molecule has 2 nitrogen and oxygen atoms in total. The molecule has 0 atom stereocenters. The maximum atomic E-state index is 9.18. The Morgan fingerprint density at radius 3 is 1.76 bits per heavy atom. The fourth-order valence-electron chi connectivity index (χ4n) is 3.83. The molecule has 2 aromatic rings. The number of hydrogen-bond acceptors (Lipinski definition) is 2. The van der Waals surface area contributed by atoms with Crippen LogP contribution in [0, 0.1) is 13.0 Å². The second-order valence-corrected chi connectivity index (χ2v) is 8.61. The molecule has 0 aliphatic heterocycles. The third-order valence-corrected chi connectivity index (χ3v) is 5.81. The van der Waals surface area contributed by atoms with Crippen LogP contribution in [0.4, 0.5) is 0 Å². The number of benzene rings is 2. The van der Waals surface area contributed by atoms with Crippen molar-refractivity contribution in [3.8, 4) is 0 Å². The first-order valence-electron chi connectivity index (χ1n) is 12.9. The number of rotatable bonds is 16. The minimum absolute atomic E-state index is 0.0828. The number of hydrogen-bond donors (Lipinski definition) is 1. The zero-order chi connectivity index (χ0) is 24.4. The molecule has 0 saturated heterocycles. The first-order valence-corrected chi connectivity index (χ1v) is 13.3. The van der Waals surface area contributed by atoms with Crippen LogP contribution in [0.5, 0.6) is 0 Å². The summed E-state index contributed by atoms with van der Waals surface area (Å²) in [5, 5.41) is 9.18. The van der Waals surface area contributed by atoms with Crippen molar-refractivity contribution in [1.29, 1.82) is 0 Å². The molecule has 0 spiro atoms. The molecule has 0 radical (unpaired) electrons. The SMILES string of the molecule is OCc1c[c-]ccc1Cc1ccccc1.[CH2-]CCCCCCCCCCCCCCC.[O]=[Co]. The van der Waals surface area contributed by atoms with E-state index < -0.39 is 0 Å².